The van der Waals surface area contributed by atoms with Gasteiger partial charge in [-0.2, -0.15) is 0 Å². The molecule has 2 aromatic carbocycles. The molecule has 0 aliphatic carbocycles. The Hall–Kier alpha value is -4.34. The Labute approximate surface area is 228 Å². The highest BCUT2D eigenvalue weighted by Gasteiger charge is 2.33. The maximum Gasteiger partial charge on any atom is 0.332 e. The first-order valence-corrected chi connectivity index (χ1v) is 12.6. The van der Waals surface area contributed by atoms with E-state index in [0.29, 0.717) is 6.42 Å². The minimum Gasteiger partial charge on any atom is -0.493 e. The van der Waals surface area contributed by atoms with E-state index in [1.807, 2.05) is 60.7 Å². The van der Waals surface area contributed by atoms with E-state index < -0.39 is 42.5 Å². The number of esters is 2. The van der Waals surface area contributed by atoms with Crippen LogP contribution in [0.5, 0.6) is 11.5 Å². The number of aromatic nitrogens is 1. The van der Waals surface area contributed by atoms with Crippen LogP contribution >= 0.6 is 0 Å². The second-order valence-corrected chi connectivity index (χ2v) is 9.23. The number of carbonyl (C=O) groups excluding carboxylic acids is 3. The molecule has 9 nitrogen and oxygen atoms in total. The molecule has 1 aromatic heterocycles. The van der Waals surface area contributed by atoms with E-state index >= 15 is 0 Å². The minimum atomic E-state index is -1.27. The Morgan fingerprint density at radius 3 is 2.38 bits per heavy atom. The number of ether oxygens (including phenoxy) is 4. The summed E-state index contributed by atoms with van der Waals surface area (Å²) in [6.45, 7) is 1.43. The number of hydrogen-bond donors (Lipinski definition) is 1. The standard InChI is InChI=1S/C29H29BN2O7/c1-18-13-21(14-19-9-5-3-6-10-19)28(34)38-17-22(29(35)39-18)31-27(33)25-26(23(36-2)15-24(30)32-25)37-16-20-11-7-4-8-12-20/h3-12,15,18,21-22H,13-14,16-17H2,1-2H3,(H,31,33)/t18-,21-,22?/m0/s1. The molecule has 1 N–H and O–H groups in total. The molecule has 1 unspecified atom stereocenters. The van der Waals surface area contributed by atoms with Gasteiger partial charge in [0.15, 0.2) is 23.2 Å². The molecule has 0 saturated carbocycles. The molecular weight excluding hydrogens is 499 g/mol. The monoisotopic (exact) mass is 528 g/mol. The maximum atomic E-state index is 13.4. The molecule has 0 spiro atoms. The SMILES string of the molecule is [B]c1cc(OC)c(OCc2ccccc2)c(C(=O)NC2COC(=O)[C@H](Cc3ccccc3)C[C@H](C)OC2=O)n1. The molecule has 2 radical (unpaired) electrons. The number of benzene rings is 2. The fraction of sp³-hybridized carbons (Fsp3) is 0.310. The Kier molecular flexibility index (Phi) is 9.20. The number of nitrogens with zero attached hydrogens (tertiary/aromatic N) is 1. The Morgan fingerprint density at radius 2 is 1.72 bits per heavy atom. The van der Waals surface area contributed by atoms with E-state index in [0.717, 1.165) is 11.1 Å². The summed E-state index contributed by atoms with van der Waals surface area (Å²) in [5, 5.41) is 2.56. The molecule has 4 rings (SSSR count). The van der Waals surface area contributed by atoms with Gasteiger partial charge in [0.2, 0.25) is 0 Å². The summed E-state index contributed by atoms with van der Waals surface area (Å²) < 4.78 is 22.3. The van der Waals surface area contributed by atoms with Gasteiger partial charge >= 0.3 is 11.9 Å². The number of pyridine rings is 1. The summed E-state index contributed by atoms with van der Waals surface area (Å²) in [5.41, 5.74) is 1.65. The highest BCUT2D eigenvalue weighted by atomic mass is 16.6. The van der Waals surface area contributed by atoms with Crippen molar-refractivity contribution in [2.45, 2.75) is 38.5 Å². The maximum absolute atomic E-state index is 13.4. The van der Waals surface area contributed by atoms with Crippen LogP contribution in [0.25, 0.3) is 0 Å². The van der Waals surface area contributed by atoms with E-state index in [-0.39, 0.29) is 35.8 Å². The van der Waals surface area contributed by atoms with Gasteiger partial charge in [-0.3, -0.25) is 14.6 Å². The largest absolute Gasteiger partial charge is 0.493 e. The third kappa shape index (κ3) is 7.37. The molecular formula is C29H29BN2O7. The zero-order valence-electron chi connectivity index (χ0n) is 21.8. The summed E-state index contributed by atoms with van der Waals surface area (Å²) in [7, 11) is 7.31. The first-order chi connectivity index (χ1) is 18.8. The van der Waals surface area contributed by atoms with Gasteiger partial charge in [0, 0.05) is 0 Å². The van der Waals surface area contributed by atoms with Crippen molar-refractivity contribution in [2.75, 3.05) is 13.7 Å². The first kappa shape index (κ1) is 27.7. The highest BCUT2D eigenvalue weighted by molar-refractivity contribution is 6.31. The first-order valence-electron chi connectivity index (χ1n) is 12.6. The molecule has 39 heavy (non-hydrogen) atoms. The number of hydrogen-bond acceptors (Lipinski definition) is 8. The average molecular weight is 528 g/mol. The van der Waals surface area contributed by atoms with Crippen LogP contribution in [0.4, 0.5) is 0 Å². The van der Waals surface area contributed by atoms with Gasteiger partial charge in [-0.05, 0) is 42.6 Å². The average Bonchev–Trinajstić information content (AvgIpc) is 2.98. The van der Waals surface area contributed by atoms with Gasteiger partial charge in [0.1, 0.15) is 21.1 Å². The number of cyclic esters (lactones) is 2. The molecule has 3 aromatic rings. The van der Waals surface area contributed by atoms with Crippen molar-refractivity contribution >= 4 is 31.3 Å². The van der Waals surface area contributed by atoms with Gasteiger partial charge in [-0.1, -0.05) is 60.7 Å². The van der Waals surface area contributed by atoms with Crippen LogP contribution in [0.2, 0.25) is 0 Å². The van der Waals surface area contributed by atoms with E-state index in [4.69, 9.17) is 26.8 Å². The van der Waals surface area contributed by atoms with E-state index in [2.05, 4.69) is 10.3 Å². The Bertz CT molecular complexity index is 1300. The van der Waals surface area contributed by atoms with Gasteiger partial charge in [0.25, 0.3) is 5.91 Å². The van der Waals surface area contributed by atoms with Crippen LogP contribution in [0.3, 0.4) is 0 Å². The third-order valence-electron chi connectivity index (χ3n) is 6.19. The predicted octanol–water partition coefficient (Wildman–Crippen LogP) is 2.30. The predicted molar refractivity (Wildman–Crippen MR) is 143 cm³/mol. The van der Waals surface area contributed by atoms with Crippen molar-refractivity contribution < 1.29 is 33.3 Å². The van der Waals surface area contributed by atoms with Crippen molar-refractivity contribution in [3.8, 4) is 11.5 Å². The summed E-state index contributed by atoms with van der Waals surface area (Å²) in [5.74, 6) is -2.23. The van der Waals surface area contributed by atoms with E-state index in [9.17, 15) is 14.4 Å². The highest BCUT2D eigenvalue weighted by Crippen LogP contribution is 2.30. The normalized spacial score (nSPS) is 19.5. The fourth-order valence-corrected chi connectivity index (χ4v) is 4.27. The van der Waals surface area contributed by atoms with Gasteiger partial charge in [-0.25, -0.2) is 4.79 Å². The smallest absolute Gasteiger partial charge is 0.332 e. The molecule has 1 aliphatic heterocycles. The minimum absolute atomic E-state index is 0.0184. The molecule has 0 bridgehead atoms. The number of rotatable bonds is 8. The molecule has 1 fully saturated rings. The molecule has 1 saturated heterocycles. The van der Waals surface area contributed by atoms with Gasteiger partial charge in [-0.15, -0.1) is 0 Å². The molecule has 2 heterocycles. The van der Waals surface area contributed by atoms with E-state index in [1.165, 1.54) is 13.2 Å². The lowest BCUT2D eigenvalue weighted by molar-refractivity contribution is -0.152. The van der Waals surface area contributed by atoms with Crippen molar-refractivity contribution in [3.05, 3.63) is 83.6 Å². The Morgan fingerprint density at radius 1 is 1.05 bits per heavy atom. The molecule has 10 heteroatoms. The van der Waals surface area contributed by atoms with Crippen LogP contribution in [0.15, 0.2) is 66.7 Å². The summed E-state index contributed by atoms with van der Waals surface area (Å²) >= 11 is 0. The van der Waals surface area contributed by atoms with Crippen molar-refractivity contribution in [3.63, 3.8) is 0 Å². The number of nitrogens with one attached hydrogen (secondary N) is 1. The number of amides is 1. The third-order valence-corrected chi connectivity index (χ3v) is 6.19. The lowest BCUT2D eigenvalue weighted by Crippen LogP contribution is -2.46. The lowest BCUT2D eigenvalue weighted by atomic mass is 9.94. The van der Waals surface area contributed by atoms with Gasteiger partial charge in [0.05, 0.1) is 19.1 Å². The summed E-state index contributed by atoms with van der Waals surface area (Å²) in [6.07, 6.45) is 0.144. The number of methoxy groups -OCH3 is 1. The fourth-order valence-electron chi connectivity index (χ4n) is 4.27. The van der Waals surface area contributed by atoms with Crippen LogP contribution in [0.1, 0.15) is 35.0 Å². The zero-order chi connectivity index (χ0) is 27.8. The van der Waals surface area contributed by atoms with Crippen molar-refractivity contribution in [1.29, 1.82) is 0 Å². The van der Waals surface area contributed by atoms with Crippen LogP contribution in [-0.4, -0.2) is 56.5 Å². The summed E-state index contributed by atoms with van der Waals surface area (Å²) in [4.78, 5) is 43.3. The van der Waals surface area contributed by atoms with Crippen molar-refractivity contribution in [2.24, 2.45) is 5.92 Å². The number of carbonyl (C=O) groups is 3. The van der Waals surface area contributed by atoms with Crippen molar-refractivity contribution in [1.82, 2.24) is 10.3 Å². The quantitative estimate of drug-likeness (QED) is 0.350. The van der Waals surface area contributed by atoms with Crippen LogP contribution < -0.4 is 20.4 Å². The lowest BCUT2D eigenvalue weighted by Gasteiger charge is -2.20. The zero-order valence-corrected chi connectivity index (χ0v) is 21.8. The van der Waals surface area contributed by atoms with Gasteiger partial charge < -0.3 is 24.3 Å². The molecule has 200 valence electrons. The molecule has 1 aliphatic rings. The second kappa shape index (κ2) is 13.0. The van der Waals surface area contributed by atoms with E-state index in [1.54, 1.807) is 6.92 Å². The molecule has 1 amide bonds. The second-order valence-electron chi connectivity index (χ2n) is 9.23. The molecule has 3 atom stereocenters. The Balaban J connectivity index is 1.51. The van der Waals surface area contributed by atoms with Crippen LogP contribution in [-0.2, 0) is 32.1 Å². The topological polar surface area (TPSA) is 113 Å². The summed E-state index contributed by atoms with van der Waals surface area (Å²) in [6, 6.07) is 19.0. The van der Waals surface area contributed by atoms with Crippen LogP contribution in [0, 0.1) is 5.92 Å².